The second-order valence-corrected chi connectivity index (χ2v) is 2.95. The number of nitroso groups, excluding NO2 is 1. The molecule has 11 heavy (non-hydrogen) atoms. The van der Waals surface area contributed by atoms with Gasteiger partial charge in [-0.05, 0) is 6.42 Å². The first-order chi connectivity index (χ1) is 5.22. The summed E-state index contributed by atoms with van der Waals surface area (Å²) >= 11 is 0.851. The second-order valence-electron chi connectivity index (χ2n) is 1.89. The van der Waals surface area contributed by atoms with Crippen molar-refractivity contribution in [2.75, 3.05) is 5.75 Å². The zero-order valence-corrected chi connectivity index (χ0v) is 7.02. The third-order valence-electron chi connectivity index (χ3n) is 0.989. The number of quaternary nitrogens is 1. The van der Waals surface area contributed by atoms with Crippen LogP contribution in [0.1, 0.15) is 19.8 Å². The van der Waals surface area contributed by atoms with Gasteiger partial charge in [-0.25, -0.2) is 4.47 Å². The first kappa shape index (κ1) is 10.5. The van der Waals surface area contributed by atoms with Crippen molar-refractivity contribution in [1.82, 2.24) is 0 Å². The molecule has 0 aromatic carbocycles. The number of unbranched alkanes of at least 4 members (excludes halogenated alkanes) is 1. The summed E-state index contributed by atoms with van der Waals surface area (Å²) in [4.78, 5) is 19.8. The molecule has 0 aromatic heterocycles. The number of amides is 2. The smallest absolute Gasteiger partial charge is 0.488 e. The molecule has 0 heterocycles. The third kappa shape index (κ3) is 4.88. The lowest BCUT2D eigenvalue weighted by Gasteiger charge is -2.11. The van der Waals surface area contributed by atoms with E-state index >= 15 is 0 Å². The molecule has 0 rings (SSSR count). The molecule has 64 valence electrons. The van der Waals surface area contributed by atoms with Crippen molar-refractivity contribution < 1.29 is 9.26 Å². The van der Waals surface area contributed by atoms with Crippen LogP contribution in [0.3, 0.4) is 0 Å². The van der Waals surface area contributed by atoms with Crippen LogP contribution in [-0.4, -0.2) is 11.8 Å². The molecule has 0 bridgehead atoms. The predicted molar refractivity (Wildman–Crippen MR) is 42.9 cm³/mol. The van der Waals surface area contributed by atoms with Crippen molar-refractivity contribution in [2.24, 2.45) is 5.18 Å². The van der Waals surface area contributed by atoms with Crippen LogP contribution in [0.4, 0.5) is 4.79 Å². The number of hydrogen-bond donors (Lipinski definition) is 1. The van der Waals surface area contributed by atoms with Gasteiger partial charge in [0.05, 0.1) is 17.1 Å². The van der Waals surface area contributed by atoms with Crippen molar-refractivity contribution in [3.63, 3.8) is 0 Å². The fourth-order valence-electron chi connectivity index (χ4n) is 0.408. The van der Waals surface area contributed by atoms with E-state index < -0.39 is 10.5 Å². The Labute approximate surface area is 68.8 Å². The molecule has 0 saturated heterocycles. The van der Waals surface area contributed by atoms with Gasteiger partial charge in [0, 0.05) is 5.75 Å². The maximum absolute atomic E-state index is 10.6. The number of nitrogens with one attached hydrogen (secondary N) is 1. The van der Waals surface area contributed by atoms with Crippen LogP contribution in [0, 0.1) is 10.1 Å². The fraction of sp³-hybridized carbons (Fsp3) is 0.800. The predicted octanol–water partition coefficient (Wildman–Crippen LogP) is 0.704. The normalized spacial score (nSPS) is 12.5. The number of nitrogens with zero attached hydrogens (tertiary/aromatic N) is 1. The van der Waals surface area contributed by atoms with Crippen molar-refractivity contribution in [3.8, 4) is 0 Å². The standard InChI is InChI=1S/C5H10N2O3S/c1-2-3-4-11-7(10)5(8)6-9/h7H,2-4H2,1H3. The van der Waals surface area contributed by atoms with Crippen molar-refractivity contribution in [2.45, 2.75) is 19.8 Å². The van der Waals surface area contributed by atoms with Gasteiger partial charge in [0.25, 0.3) is 0 Å². The lowest BCUT2D eigenvalue weighted by Crippen LogP contribution is -3.02. The largest absolute Gasteiger partial charge is 0.612 e. The van der Waals surface area contributed by atoms with Gasteiger partial charge >= 0.3 is 6.03 Å². The molecular weight excluding hydrogens is 168 g/mol. The van der Waals surface area contributed by atoms with Crippen molar-refractivity contribution in [1.29, 1.82) is 0 Å². The number of hydroxylamine groups is 1. The molecule has 1 unspecified atom stereocenters. The SMILES string of the molecule is CCCCS[NH+]([O-])C(=O)N=O. The van der Waals surface area contributed by atoms with Crippen LogP contribution in [-0.2, 0) is 0 Å². The van der Waals surface area contributed by atoms with Gasteiger partial charge in [-0.15, -0.1) is 4.91 Å². The van der Waals surface area contributed by atoms with Crippen LogP contribution < -0.4 is 4.47 Å². The molecule has 0 aliphatic rings. The van der Waals surface area contributed by atoms with Gasteiger partial charge in [-0.2, -0.15) is 4.79 Å². The maximum atomic E-state index is 10.6. The van der Waals surface area contributed by atoms with Crippen molar-refractivity contribution >= 4 is 18.0 Å². The molecular formula is C5H10N2O3S. The average Bonchev–Trinajstić information content (AvgIpc) is 2.03. The Morgan fingerprint density at radius 2 is 2.36 bits per heavy atom. The summed E-state index contributed by atoms with van der Waals surface area (Å²) < 4.78 is -0.756. The number of carbonyl (C=O) groups is 1. The molecule has 0 aliphatic carbocycles. The summed E-state index contributed by atoms with van der Waals surface area (Å²) in [6.45, 7) is 1.98. The van der Waals surface area contributed by atoms with E-state index in [1.807, 2.05) is 12.1 Å². The molecule has 6 heteroatoms. The highest BCUT2D eigenvalue weighted by Gasteiger charge is 2.11. The lowest BCUT2D eigenvalue weighted by molar-refractivity contribution is -0.590. The first-order valence-electron chi connectivity index (χ1n) is 3.26. The average molecular weight is 178 g/mol. The summed E-state index contributed by atoms with van der Waals surface area (Å²) in [7, 11) is 0. The summed E-state index contributed by atoms with van der Waals surface area (Å²) in [6.07, 6.45) is 1.82. The lowest BCUT2D eigenvalue weighted by atomic mass is 10.4. The number of hydrogen-bond acceptors (Lipinski definition) is 4. The van der Waals surface area contributed by atoms with E-state index in [0.717, 1.165) is 24.8 Å². The minimum Gasteiger partial charge on any atom is -0.612 e. The van der Waals surface area contributed by atoms with Gasteiger partial charge in [0.2, 0.25) is 0 Å². The minimum absolute atomic E-state index is 0.580. The van der Waals surface area contributed by atoms with Gasteiger partial charge < -0.3 is 5.21 Å². The molecule has 0 spiro atoms. The molecule has 0 radical (unpaired) electrons. The fourth-order valence-corrected chi connectivity index (χ4v) is 1.19. The van der Waals surface area contributed by atoms with Crippen molar-refractivity contribution in [3.05, 3.63) is 10.1 Å². The summed E-state index contributed by atoms with van der Waals surface area (Å²) in [5.41, 5.74) is 0. The van der Waals surface area contributed by atoms with Gasteiger partial charge in [-0.1, -0.05) is 13.3 Å². The highest BCUT2D eigenvalue weighted by molar-refractivity contribution is 7.93. The quantitative estimate of drug-likeness (QED) is 0.297. The van der Waals surface area contributed by atoms with Crippen LogP contribution in [0.5, 0.6) is 0 Å². The Morgan fingerprint density at radius 3 is 2.82 bits per heavy atom. The number of carbonyl (C=O) groups excluding carboxylic acids is 1. The molecule has 0 saturated carbocycles. The Morgan fingerprint density at radius 1 is 1.73 bits per heavy atom. The zero-order valence-electron chi connectivity index (χ0n) is 6.20. The maximum Gasteiger partial charge on any atom is 0.488 e. The molecule has 0 aliphatic heterocycles. The molecule has 1 atom stereocenters. The number of urea groups is 1. The monoisotopic (exact) mass is 178 g/mol. The molecule has 2 amide bonds. The van der Waals surface area contributed by atoms with E-state index in [1.165, 1.54) is 0 Å². The Bertz CT molecular complexity index is 142. The summed E-state index contributed by atoms with van der Waals surface area (Å²) in [6, 6.07) is -1.19. The van der Waals surface area contributed by atoms with E-state index in [1.54, 1.807) is 0 Å². The highest BCUT2D eigenvalue weighted by atomic mass is 32.2. The van der Waals surface area contributed by atoms with Crippen LogP contribution in [0.15, 0.2) is 5.18 Å². The Hall–Kier alpha value is -0.460. The van der Waals surface area contributed by atoms with Crippen LogP contribution in [0.25, 0.3) is 0 Å². The zero-order chi connectivity index (χ0) is 8.69. The first-order valence-corrected chi connectivity index (χ1v) is 4.25. The van der Waals surface area contributed by atoms with Gasteiger partial charge in [0.1, 0.15) is 0 Å². The Balaban J connectivity index is 3.43. The Kier molecular flexibility index (Phi) is 6.00. The highest BCUT2D eigenvalue weighted by Crippen LogP contribution is 1.94. The van der Waals surface area contributed by atoms with Gasteiger partial charge in [-0.3, -0.25) is 0 Å². The summed E-state index contributed by atoms with van der Waals surface area (Å²) in [5.74, 6) is 0.580. The molecule has 0 aromatic rings. The minimum atomic E-state index is -1.19. The second kappa shape index (κ2) is 6.26. The van der Waals surface area contributed by atoms with E-state index in [4.69, 9.17) is 0 Å². The molecule has 5 nitrogen and oxygen atoms in total. The topological polar surface area (TPSA) is 74.0 Å². The molecule has 0 fully saturated rings. The summed E-state index contributed by atoms with van der Waals surface area (Å²) in [5, 5.41) is 12.6. The van der Waals surface area contributed by atoms with E-state index in [9.17, 15) is 14.9 Å². The van der Waals surface area contributed by atoms with Gasteiger partial charge in [0.15, 0.2) is 0 Å². The van der Waals surface area contributed by atoms with E-state index in [-0.39, 0.29) is 0 Å². The van der Waals surface area contributed by atoms with E-state index in [2.05, 4.69) is 0 Å². The van der Waals surface area contributed by atoms with Crippen LogP contribution >= 0.6 is 11.9 Å². The number of rotatable bonds is 4. The van der Waals surface area contributed by atoms with E-state index in [0.29, 0.717) is 5.75 Å². The molecule has 1 N–H and O–H groups in total. The third-order valence-corrected chi connectivity index (χ3v) is 1.92. The van der Waals surface area contributed by atoms with Crippen LogP contribution in [0.2, 0.25) is 0 Å².